The molecule has 0 aliphatic carbocycles. The molecule has 1 heterocycles. The van der Waals surface area contributed by atoms with E-state index in [-0.39, 0.29) is 5.82 Å². The van der Waals surface area contributed by atoms with Gasteiger partial charge in [-0.3, -0.25) is 4.98 Å². The van der Waals surface area contributed by atoms with Crippen molar-refractivity contribution in [2.45, 2.75) is 6.10 Å². The van der Waals surface area contributed by atoms with Gasteiger partial charge < -0.3 is 5.11 Å². The summed E-state index contributed by atoms with van der Waals surface area (Å²) >= 11 is 5.90. The maximum atomic E-state index is 12.7. The summed E-state index contributed by atoms with van der Waals surface area (Å²) in [6.07, 6.45) is 2.15. The Morgan fingerprint density at radius 1 is 1.19 bits per heavy atom. The first-order valence-electron chi connectivity index (χ1n) is 4.71. The molecule has 0 bridgehead atoms. The van der Waals surface area contributed by atoms with E-state index in [1.807, 2.05) is 0 Å². The third-order valence-electron chi connectivity index (χ3n) is 2.28. The third kappa shape index (κ3) is 2.21. The average molecular weight is 238 g/mol. The number of aromatic nitrogens is 1. The van der Waals surface area contributed by atoms with Gasteiger partial charge in [-0.05, 0) is 23.8 Å². The molecule has 0 amide bonds. The molecule has 1 N–H and O–H groups in total. The summed E-state index contributed by atoms with van der Waals surface area (Å²) in [5, 5.41) is 10.4. The van der Waals surface area contributed by atoms with Gasteiger partial charge in [0.1, 0.15) is 11.9 Å². The van der Waals surface area contributed by atoms with Crippen LogP contribution in [0.5, 0.6) is 0 Å². The van der Waals surface area contributed by atoms with Crippen LogP contribution in [0.15, 0.2) is 42.7 Å². The van der Waals surface area contributed by atoms with Crippen molar-refractivity contribution < 1.29 is 9.50 Å². The summed E-state index contributed by atoms with van der Waals surface area (Å²) in [4.78, 5) is 3.83. The Bertz CT molecular complexity index is 487. The molecule has 0 spiro atoms. The Kier molecular flexibility index (Phi) is 3.17. The highest BCUT2D eigenvalue weighted by Crippen LogP contribution is 2.27. The average Bonchev–Trinajstić information content (AvgIpc) is 2.30. The van der Waals surface area contributed by atoms with Gasteiger partial charge in [0.25, 0.3) is 0 Å². The second-order valence-corrected chi connectivity index (χ2v) is 3.76. The molecule has 1 aromatic carbocycles. The van der Waals surface area contributed by atoms with Crippen LogP contribution in [0.1, 0.15) is 17.2 Å². The number of nitrogens with zero attached hydrogens (tertiary/aromatic N) is 1. The fraction of sp³-hybridized carbons (Fsp3) is 0.0833. The summed E-state index contributed by atoms with van der Waals surface area (Å²) in [5.41, 5.74) is 1.15. The highest BCUT2D eigenvalue weighted by molar-refractivity contribution is 6.31. The predicted octanol–water partition coefficient (Wildman–Crippen LogP) is 2.96. The van der Waals surface area contributed by atoms with Gasteiger partial charge in [0.15, 0.2) is 0 Å². The molecule has 2 nitrogen and oxygen atoms in total. The first-order valence-corrected chi connectivity index (χ1v) is 5.09. The molecular formula is C12H9ClFNO. The summed E-state index contributed by atoms with van der Waals surface area (Å²) in [7, 11) is 0. The van der Waals surface area contributed by atoms with Gasteiger partial charge in [0.2, 0.25) is 0 Å². The zero-order chi connectivity index (χ0) is 11.5. The van der Waals surface area contributed by atoms with Crippen LogP contribution < -0.4 is 0 Å². The fourth-order valence-electron chi connectivity index (χ4n) is 1.43. The first-order chi connectivity index (χ1) is 7.68. The van der Waals surface area contributed by atoms with E-state index in [9.17, 15) is 9.50 Å². The van der Waals surface area contributed by atoms with Crippen LogP contribution in [0.3, 0.4) is 0 Å². The number of aliphatic hydroxyl groups excluding tert-OH is 1. The van der Waals surface area contributed by atoms with Crippen LogP contribution in [0.2, 0.25) is 5.02 Å². The lowest BCUT2D eigenvalue weighted by Gasteiger charge is -2.12. The van der Waals surface area contributed by atoms with Gasteiger partial charge in [0.05, 0.1) is 5.02 Å². The van der Waals surface area contributed by atoms with Crippen molar-refractivity contribution in [2.24, 2.45) is 0 Å². The molecule has 16 heavy (non-hydrogen) atoms. The number of hydrogen-bond donors (Lipinski definition) is 1. The second kappa shape index (κ2) is 4.60. The maximum Gasteiger partial charge on any atom is 0.123 e. The van der Waals surface area contributed by atoms with E-state index in [2.05, 4.69) is 4.98 Å². The molecule has 1 atom stereocenters. The zero-order valence-electron chi connectivity index (χ0n) is 8.27. The van der Waals surface area contributed by atoms with E-state index in [0.717, 1.165) is 0 Å². The van der Waals surface area contributed by atoms with Crippen molar-refractivity contribution in [1.29, 1.82) is 0 Å². The molecule has 1 unspecified atom stereocenters. The van der Waals surface area contributed by atoms with Crippen LogP contribution in [0, 0.1) is 5.82 Å². The largest absolute Gasteiger partial charge is 0.384 e. The van der Waals surface area contributed by atoms with Crippen molar-refractivity contribution in [3.8, 4) is 0 Å². The van der Waals surface area contributed by atoms with Crippen molar-refractivity contribution in [1.82, 2.24) is 4.98 Å². The summed E-state index contributed by atoms with van der Waals surface area (Å²) in [5.74, 6) is -0.336. The van der Waals surface area contributed by atoms with Crippen molar-refractivity contribution in [3.63, 3.8) is 0 Å². The lowest BCUT2D eigenvalue weighted by molar-refractivity contribution is 0.220. The fourth-order valence-corrected chi connectivity index (χ4v) is 1.66. The third-order valence-corrected chi connectivity index (χ3v) is 2.60. The molecule has 0 fully saturated rings. The molecule has 0 aliphatic rings. The Hall–Kier alpha value is -1.45. The van der Waals surface area contributed by atoms with Crippen molar-refractivity contribution in [3.05, 3.63) is 64.7 Å². The van der Waals surface area contributed by atoms with Gasteiger partial charge in [0, 0.05) is 18.0 Å². The van der Waals surface area contributed by atoms with Crippen LogP contribution in [0.25, 0.3) is 0 Å². The lowest BCUT2D eigenvalue weighted by atomic mass is 10.0. The minimum absolute atomic E-state index is 0.336. The Balaban J connectivity index is 2.35. The number of pyridine rings is 1. The van der Waals surface area contributed by atoms with Gasteiger partial charge >= 0.3 is 0 Å². The molecule has 0 saturated carbocycles. The van der Waals surface area contributed by atoms with E-state index in [4.69, 9.17) is 11.6 Å². The SMILES string of the molecule is OC(c1ccc(F)cc1)c1ccncc1Cl. The molecule has 2 aromatic rings. The molecule has 4 heteroatoms. The number of halogens is 2. The zero-order valence-corrected chi connectivity index (χ0v) is 9.03. The summed E-state index contributed by atoms with van der Waals surface area (Å²) in [6.45, 7) is 0. The Morgan fingerprint density at radius 2 is 1.88 bits per heavy atom. The standard InChI is InChI=1S/C12H9ClFNO/c13-11-7-15-6-5-10(11)12(16)8-1-3-9(14)4-2-8/h1-7,12,16H. The molecule has 1 aromatic heterocycles. The van der Waals surface area contributed by atoms with E-state index in [0.29, 0.717) is 16.1 Å². The molecule has 0 aliphatic heterocycles. The van der Waals surface area contributed by atoms with Crippen LogP contribution >= 0.6 is 11.6 Å². The highest BCUT2D eigenvalue weighted by atomic mass is 35.5. The van der Waals surface area contributed by atoms with Crippen LogP contribution in [0.4, 0.5) is 4.39 Å². The summed E-state index contributed by atoms with van der Waals surface area (Å²) < 4.78 is 12.7. The minimum atomic E-state index is -0.865. The maximum absolute atomic E-state index is 12.7. The number of rotatable bonds is 2. The minimum Gasteiger partial charge on any atom is -0.384 e. The Labute approximate surface area is 97.3 Å². The van der Waals surface area contributed by atoms with E-state index >= 15 is 0 Å². The molecular weight excluding hydrogens is 229 g/mol. The second-order valence-electron chi connectivity index (χ2n) is 3.35. The molecule has 0 saturated heterocycles. The number of benzene rings is 1. The van der Waals surface area contributed by atoms with Gasteiger partial charge in [-0.25, -0.2) is 4.39 Å². The topological polar surface area (TPSA) is 33.1 Å². The number of aliphatic hydroxyl groups is 1. The van der Waals surface area contributed by atoms with Crippen molar-refractivity contribution >= 4 is 11.6 Å². The smallest absolute Gasteiger partial charge is 0.123 e. The highest BCUT2D eigenvalue weighted by Gasteiger charge is 2.13. The quantitative estimate of drug-likeness (QED) is 0.871. The normalized spacial score (nSPS) is 12.4. The molecule has 2 rings (SSSR count). The van der Waals surface area contributed by atoms with Gasteiger partial charge in [-0.15, -0.1) is 0 Å². The summed E-state index contributed by atoms with van der Waals surface area (Å²) in [6, 6.07) is 7.28. The van der Waals surface area contributed by atoms with Crippen molar-refractivity contribution in [2.75, 3.05) is 0 Å². The Morgan fingerprint density at radius 3 is 2.50 bits per heavy atom. The number of hydrogen-bond acceptors (Lipinski definition) is 2. The van der Waals surface area contributed by atoms with E-state index in [1.165, 1.54) is 30.5 Å². The predicted molar refractivity (Wildman–Crippen MR) is 59.7 cm³/mol. The monoisotopic (exact) mass is 237 g/mol. The first kappa shape index (κ1) is 11.0. The molecule has 82 valence electrons. The van der Waals surface area contributed by atoms with Gasteiger partial charge in [-0.1, -0.05) is 23.7 Å². The molecule has 0 radical (unpaired) electrons. The lowest BCUT2D eigenvalue weighted by Crippen LogP contribution is -2.00. The van der Waals surface area contributed by atoms with Gasteiger partial charge in [-0.2, -0.15) is 0 Å². The van der Waals surface area contributed by atoms with E-state index in [1.54, 1.807) is 12.3 Å². The van der Waals surface area contributed by atoms with Crippen LogP contribution in [-0.2, 0) is 0 Å². The van der Waals surface area contributed by atoms with Crippen LogP contribution in [-0.4, -0.2) is 10.1 Å². The van der Waals surface area contributed by atoms with E-state index < -0.39 is 6.10 Å².